The van der Waals surface area contributed by atoms with E-state index in [1.54, 1.807) is 7.11 Å². The van der Waals surface area contributed by atoms with E-state index in [-0.39, 0.29) is 11.5 Å². The minimum Gasteiger partial charge on any atom is -0.497 e. The smallest absolute Gasteiger partial charge is 0.152 e. The number of likely N-dealkylation sites (N-methyl/N-ethyl adjacent to an activating group) is 1. The first-order valence-corrected chi connectivity index (χ1v) is 8.98. The molecule has 118 valence electrons. The van der Waals surface area contributed by atoms with Crippen LogP contribution in [0.1, 0.15) is 18.4 Å². The lowest BCUT2D eigenvalue weighted by Gasteiger charge is -2.43. The van der Waals surface area contributed by atoms with E-state index in [9.17, 15) is 8.42 Å². The fourth-order valence-electron chi connectivity index (χ4n) is 2.97. The molecule has 0 amide bonds. The van der Waals surface area contributed by atoms with Crippen molar-refractivity contribution >= 4 is 9.84 Å². The zero-order chi connectivity index (χ0) is 15.5. The molecule has 0 bridgehead atoms. The monoisotopic (exact) mass is 312 g/mol. The van der Waals surface area contributed by atoms with E-state index in [1.165, 1.54) is 0 Å². The summed E-state index contributed by atoms with van der Waals surface area (Å²) in [5, 5.41) is 0. The Morgan fingerprint density at radius 3 is 2.52 bits per heavy atom. The maximum atomic E-state index is 12.0. The first kappa shape index (κ1) is 16.3. The number of nitrogens with two attached hydrogens (primary N) is 1. The molecule has 0 saturated carbocycles. The summed E-state index contributed by atoms with van der Waals surface area (Å²) in [5.74, 6) is 1.25. The Labute approximate surface area is 127 Å². The van der Waals surface area contributed by atoms with Crippen molar-refractivity contribution in [3.8, 4) is 5.75 Å². The molecule has 0 radical (unpaired) electrons. The van der Waals surface area contributed by atoms with Gasteiger partial charge in [0, 0.05) is 18.6 Å². The van der Waals surface area contributed by atoms with Gasteiger partial charge in [0.2, 0.25) is 0 Å². The minimum atomic E-state index is -2.99. The Bertz CT molecular complexity index is 571. The van der Waals surface area contributed by atoms with Crippen LogP contribution in [0.3, 0.4) is 0 Å². The number of rotatable bonds is 5. The number of hydrogen-bond donors (Lipinski definition) is 1. The molecule has 1 fully saturated rings. The lowest BCUT2D eigenvalue weighted by atomic mass is 9.93. The Balaban J connectivity index is 2.14. The van der Waals surface area contributed by atoms with E-state index in [1.807, 2.05) is 31.3 Å². The third kappa shape index (κ3) is 3.75. The molecule has 1 aliphatic heterocycles. The van der Waals surface area contributed by atoms with Gasteiger partial charge < -0.3 is 10.5 Å². The summed E-state index contributed by atoms with van der Waals surface area (Å²) >= 11 is 0. The summed E-state index contributed by atoms with van der Waals surface area (Å²) in [7, 11) is 0.601. The summed E-state index contributed by atoms with van der Waals surface area (Å²) in [6.45, 7) is 1.04. The summed E-state index contributed by atoms with van der Waals surface area (Å²) in [6.07, 6.45) is 1.52. The van der Waals surface area contributed by atoms with Gasteiger partial charge in [0.15, 0.2) is 9.84 Å². The molecule has 1 aromatic carbocycles. The van der Waals surface area contributed by atoms with E-state index in [0.29, 0.717) is 19.5 Å². The van der Waals surface area contributed by atoms with Gasteiger partial charge in [-0.15, -0.1) is 0 Å². The van der Waals surface area contributed by atoms with Gasteiger partial charge in [0.25, 0.3) is 0 Å². The van der Waals surface area contributed by atoms with Crippen molar-refractivity contribution in [2.45, 2.75) is 24.9 Å². The third-order valence-corrected chi connectivity index (χ3v) is 6.24. The number of ether oxygens (including phenoxy) is 1. The van der Waals surface area contributed by atoms with Crippen LogP contribution in [0.25, 0.3) is 0 Å². The maximum absolute atomic E-state index is 12.0. The second-order valence-electron chi connectivity index (χ2n) is 5.83. The molecule has 0 aliphatic carbocycles. The molecule has 1 unspecified atom stereocenters. The normalized spacial score (nSPS) is 25.0. The van der Waals surface area contributed by atoms with Crippen LogP contribution in [0.15, 0.2) is 24.3 Å². The molecular weight excluding hydrogens is 288 g/mol. The molecule has 2 N–H and O–H groups in total. The summed E-state index contributed by atoms with van der Waals surface area (Å²) < 4.78 is 29.1. The number of nitrogens with zero attached hydrogens (tertiary/aromatic N) is 1. The van der Waals surface area contributed by atoms with E-state index in [2.05, 4.69) is 4.90 Å². The standard InChI is InChI=1S/C15H24N2O3S/c1-17(10-13-4-6-14(20-2)7-5-13)15(11-16)8-3-9-21(18,19)12-15/h4-7H,3,8-12,16H2,1-2H3. The van der Waals surface area contributed by atoms with E-state index >= 15 is 0 Å². The van der Waals surface area contributed by atoms with Gasteiger partial charge in [0.1, 0.15) is 5.75 Å². The Morgan fingerprint density at radius 2 is 2.00 bits per heavy atom. The van der Waals surface area contributed by atoms with Gasteiger partial charge >= 0.3 is 0 Å². The largest absolute Gasteiger partial charge is 0.497 e. The van der Waals surface area contributed by atoms with Crippen molar-refractivity contribution in [3.05, 3.63) is 29.8 Å². The Morgan fingerprint density at radius 1 is 1.33 bits per heavy atom. The van der Waals surface area contributed by atoms with Crippen LogP contribution in [0.4, 0.5) is 0 Å². The zero-order valence-electron chi connectivity index (χ0n) is 12.7. The topological polar surface area (TPSA) is 72.6 Å². The van der Waals surface area contributed by atoms with Crippen molar-refractivity contribution < 1.29 is 13.2 Å². The first-order valence-electron chi connectivity index (χ1n) is 7.15. The van der Waals surface area contributed by atoms with E-state index in [4.69, 9.17) is 10.5 Å². The highest BCUT2D eigenvalue weighted by atomic mass is 32.2. The maximum Gasteiger partial charge on any atom is 0.152 e. The van der Waals surface area contributed by atoms with Crippen LogP contribution >= 0.6 is 0 Å². The van der Waals surface area contributed by atoms with Gasteiger partial charge in [-0.2, -0.15) is 0 Å². The molecule has 1 aliphatic rings. The molecule has 1 atom stereocenters. The molecular formula is C15H24N2O3S. The SMILES string of the molecule is COc1ccc(CN(C)C2(CN)CCCS(=O)(=O)C2)cc1. The molecule has 21 heavy (non-hydrogen) atoms. The molecule has 1 aromatic rings. The summed E-state index contributed by atoms with van der Waals surface area (Å²) in [4.78, 5) is 2.09. The number of sulfone groups is 1. The van der Waals surface area contributed by atoms with Crippen LogP contribution in [-0.4, -0.2) is 51.1 Å². The minimum absolute atomic E-state index is 0.156. The molecule has 2 rings (SSSR count). The van der Waals surface area contributed by atoms with Crippen molar-refractivity contribution in [1.29, 1.82) is 0 Å². The molecule has 0 spiro atoms. The van der Waals surface area contributed by atoms with Crippen LogP contribution in [0, 0.1) is 0 Å². The highest BCUT2D eigenvalue weighted by Crippen LogP contribution is 2.29. The highest BCUT2D eigenvalue weighted by molar-refractivity contribution is 7.91. The van der Waals surface area contributed by atoms with Crippen LogP contribution in [-0.2, 0) is 16.4 Å². The van der Waals surface area contributed by atoms with Crippen LogP contribution in [0.2, 0.25) is 0 Å². The fourth-order valence-corrected chi connectivity index (χ4v) is 5.00. The van der Waals surface area contributed by atoms with Crippen molar-refractivity contribution in [2.75, 3.05) is 32.2 Å². The van der Waals surface area contributed by atoms with Gasteiger partial charge in [-0.1, -0.05) is 12.1 Å². The van der Waals surface area contributed by atoms with Crippen molar-refractivity contribution in [1.82, 2.24) is 4.90 Å². The number of methoxy groups -OCH3 is 1. The second-order valence-corrected chi connectivity index (χ2v) is 8.01. The fraction of sp³-hybridized carbons (Fsp3) is 0.600. The van der Waals surface area contributed by atoms with E-state index in [0.717, 1.165) is 17.7 Å². The Hall–Kier alpha value is -1.11. The summed E-state index contributed by atoms with van der Waals surface area (Å²) in [6, 6.07) is 7.82. The number of hydrogen-bond acceptors (Lipinski definition) is 5. The Kier molecular flexibility index (Phi) is 4.91. The zero-order valence-corrected chi connectivity index (χ0v) is 13.5. The van der Waals surface area contributed by atoms with Gasteiger partial charge in [-0.3, -0.25) is 4.90 Å². The molecule has 1 heterocycles. The second kappa shape index (κ2) is 6.34. The average Bonchev–Trinajstić information content (AvgIpc) is 2.46. The average molecular weight is 312 g/mol. The van der Waals surface area contributed by atoms with Gasteiger partial charge in [-0.25, -0.2) is 8.42 Å². The van der Waals surface area contributed by atoms with Gasteiger partial charge in [-0.05, 0) is 37.6 Å². The lowest BCUT2D eigenvalue weighted by Crippen LogP contribution is -2.58. The first-order chi connectivity index (χ1) is 9.91. The number of benzene rings is 1. The van der Waals surface area contributed by atoms with E-state index < -0.39 is 15.4 Å². The third-order valence-electron chi connectivity index (χ3n) is 4.35. The highest BCUT2D eigenvalue weighted by Gasteiger charge is 2.40. The predicted octanol–water partition coefficient (Wildman–Crippen LogP) is 1.03. The van der Waals surface area contributed by atoms with Crippen LogP contribution in [0.5, 0.6) is 5.75 Å². The lowest BCUT2D eigenvalue weighted by molar-refractivity contribution is 0.124. The molecule has 1 saturated heterocycles. The molecule has 5 nitrogen and oxygen atoms in total. The van der Waals surface area contributed by atoms with Crippen molar-refractivity contribution in [2.24, 2.45) is 5.73 Å². The molecule has 0 aromatic heterocycles. The van der Waals surface area contributed by atoms with Crippen molar-refractivity contribution in [3.63, 3.8) is 0 Å². The molecule has 6 heteroatoms. The summed E-state index contributed by atoms with van der Waals surface area (Å²) in [5.41, 5.74) is 6.61. The van der Waals surface area contributed by atoms with Gasteiger partial charge in [0.05, 0.1) is 18.6 Å². The predicted molar refractivity (Wildman–Crippen MR) is 84.1 cm³/mol. The quantitative estimate of drug-likeness (QED) is 0.879. The van der Waals surface area contributed by atoms with Crippen LogP contribution < -0.4 is 10.5 Å².